The van der Waals surface area contributed by atoms with E-state index in [9.17, 15) is 22.8 Å². The van der Waals surface area contributed by atoms with E-state index >= 15 is 0 Å². The first kappa shape index (κ1) is 32.5. The molecule has 1 saturated carbocycles. The molecule has 1 aromatic heterocycles. The predicted octanol–water partition coefficient (Wildman–Crippen LogP) is 7.63. The molecular formula is C35H37BrF3N3O4. The molecule has 7 nitrogen and oxygen atoms in total. The molecule has 0 atom stereocenters. The van der Waals surface area contributed by atoms with Crippen molar-refractivity contribution in [3.8, 4) is 0 Å². The zero-order chi connectivity index (χ0) is 33.1. The molecule has 2 fully saturated rings. The summed E-state index contributed by atoms with van der Waals surface area (Å²) in [6.07, 6.45) is -1.78. The number of nitrogens with one attached hydrogen (secondary N) is 1. The van der Waals surface area contributed by atoms with Gasteiger partial charge < -0.3 is 19.7 Å². The van der Waals surface area contributed by atoms with Crippen molar-refractivity contribution in [3.63, 3.8) is 0 Å². The van der Waals surface area contributed by atoms with E-state index in [1.807, 2.05) is 25.1 Å². The first-order valence-electron chi connectivity index (χ1n) is 15.5. The Morgan fingerprint density at radius 2 is 1.70 bits per heavy atom. The summed E-state index contributed by atoms with van der Waals surface area (Å²) in [5.74, 6) is -0.188. The van der Waals surface area contributed by atoms with Crippen molar-refractivity contribution < 1.29 is 32.2 Å². The normalized spacial score (nSPS) is 23.3. The molecule has 7 rings (SSSR count). The van der Waals surface area contributed by atoms with Crippen molar-refractivity contribution in [2.75, 3.05) is 31.2 Å². The van der Waals surface area contributed by atoms with Crippen LogP contribution in [-0.4, -0.2) is 54.3 Å². The molecule has 1 aliphatic heterocycles. The minimum absolute atomic E-state index is 0.0457. The lowest BCUT2D eigenvalue weighted by molar-refractivity contribution is -0.167. The second-order valence-electron chi connectivity index (χ2n) is 13.5. The van der Waals surface area contributed by atoms with Crippen LogP contribution in [-0.2, 0) is 20.4 Å². The standard InChI is InChI=1S/C35H37BrF3N3O4/c1-21-28(24-19-22(36)9-10-27(24)40-29(21)42-15-17-45-18-16-42)30(43)41-34-13-11-33(12-14-34,31(44)46-32(2,3)4)20-26(34)23-7-5-6-8-25(23)35(37,38)39/h5-10,19-20H,11-18H2,1-4H3,(H,41,43). The predicted molar refractivity (Wildman–Crippen MR) is 174 cm³/mol. The number of benzene rings is 2. The SMILES string of the molecule is Cc1c(N2CCOCC2)nc2ccc(Br)cc2c1C(=O)NC12CCC(C(=O)OC(C)(C)C)(C=C1c1ccccc1C(F)(F)F)CC2. The number of ether oxygens (including phenoxy) is 2. The van der Waals surface area contributed by atoms with Crippen molar-refractivity contribution >= 4 is 50.1 Å². The number of fused-ring (bicyclic) bond motifs is 3. The molecule has 46 heavy (non-hydrogen) atoms. The fourth-order valence-corrected chi connectivity index (χ4v) is 7.42. The zero-order valence-electron chi connectivity index (χ0n) is 26.3. The van der Waals surface area contributed by atoms with Crippen LogP contribution in [0, 0.1) is 12.3 Å². The number of esters is 1. The van der Waals surface area contributed by atoms with Crippen molar-refractivity contribution in [3.05, 3.63) is 75.3 Å². The number of carbonyl (C=O) groups excluding carboxylic acids is 2. The van der Waals surface area contributed by atoms with E-state index in [0.29, 0.717) is 72.6 Å². The highest BCUT2D eigenvalue weighted by molar-refractivity contribution is 9.10. The Hall–Kier alpha value is -3.44. The molecule has 1 amide bonds. The molecule has 11 heteroatoms. The number of rotatable bonds is 5. The highest BCUT2D eigenvalue weighted by Gasteiger charge is 2.56. The smallest absolute Gasteiger partial charge is 0.416 e. The first-order valence-corrected chi connectivity index (χ1v) is 16.3. The molecule has 4 aliphatic rings. The molecule has 3 aliphatic carbocycles. The molecule has 2 heterocycles. The lowest BCUT2D eigenvalue weighted by Crippen LogP contribution is -2.58. The monoisotopic (exact) mass is 699 g/mol. The van der Waals surface area contributed by atoms with Gasteiger partial charge in [0.15, 0.2) is 0 Å². The summed E-state index contributed by atoms with van der Waals surface area (Å²) in [7, 11) is 0. The summed E-state index contributed by atoms with van der Waals surface area (Å²) in [6.45, 7) is 9.48. The number of morpholine rings is 1. The molecule has 2 aromatic carbocycles. The van der Waals surface area contributed by atoms with Gasteiger partial charge in [0.2, 0.25) is 0 Å². The summed E-state index contributed by atoms with van der Waals surface area (Å²) in [5.41, 5.74) is -1.85. The Balaban J connectivity index is 1.49. The fraction of sp³-hybridized carbons (Fsp3) is 0.457. The molecule has 244 valence electrons. The molecule has 3 aromatic rings. The number of aromatic nitrogens is 1. The maximum absolute atomic E-state index is 14.6. The van der Waals surface area contributed by atoms with Crippen molar-refractivity contribution in [1.29, 1.82) is 0 Å². The Bertz CT molecular complexity index is 1730. The number of alkyl halides is 3. The molecule has 0 unspecified atom stereocenters. The Kier molecular flexibility index (Phi) is 8.24. The second kappa shape index (κ2) is 11.7. The lowest BCUT2D eigenvalue weighted by Gasteiger charge is -2.52. The number of hydrogen-bond donors (Lipinski definition) is 1. The highest BCUT2D eigenvalue weighted by atomic mass is 79.9. The van der Waals surface area contributed by atoms with Crippen LogP contribution in [0.2, 0.25) is 0 Å². The van der Waals surface area contributed by atoms with Crippen LogP contribution in [0.4, 0.5) is 19.0 Å². The number of halogens is 4. The van der Waals surface area contributed by atoms with E-state index in [-0.39, 0.29) is 18.4 Å². The average molecular weight is 701 g/mol. The van der Waals surface area contributed by atoms with Crippen molar-refractivity contribution in [2.45, 2.75) is 70.7 Å². The number of carbonyl (C=O) groups is 2. The van der Waals surface area contributed by atoms with Gasteiger partial charge in [0.25, 0.3) is 5.91 Å². The highest BCUT2D eigenvalue weighted by Crippen LogP contribution is 2.56. The van der Waals surface area contributed by atoms with Crippen LogP contribution in [0.15, 0.2) is 53.0 Å². The van der Waals surface area contributed by atoms with E-state index in [0.717, 1.165) is 10.5 Å². The van der Waals surface area contributed by atoms with Crippen molar-refractivity contribution in [2.24, 2.45) is 5.41 Å². The molecule has 1 N–H and O–H groups in total. The summed E-state index contributed by atoms with van der Waals surface area (Å²) in [6, 6.07) is 10.9. The van der Waals surface area contributed by atoms with Gasteiger partial charge in [0.05, 0.1) is 40.8 Å². The summed E-state index contributed by atoms with van der Waals surface area (Å²) in [5, 5.41) is 3.87. The minimum atomic E-state index is -4.64. The van der Waals surface area contributed by atoms with E-state index in [4.69, 9.17) is 14.5 Å². The molecule has 0 spiro atoms. The van der Waals surface area contributed by atoms with Gasteiger partial charge in [-0.15, -0.1) is 0 Å². The number of amides is 1. The van der Waals surface area contributed by atoms with Crippen molar-refractivity contribution in [1.82, 2.24) is 10.3 Å². The third-order valence-electron chi connectivity index (χ3n) is 9.32. The Morgan fingerprint density at radius 3 is 2.35 bits per heavy atom. The van der Waals surface area contributed by atoms with Crippen LogP contribution in [0.3, 0.4) is 0 Å². The van der Waals surface area contributed by atoms with Gasteiger partial charge >= 0.3 is 12.1 Å². The first-order chi connectivity index (χ1) is 21.6. The van der Waals surface area contributed by atoms with Crippen LogP contribution in [0.1, 0.15) is 73.5 Å². The minimum Gasteiger partial charge on any atom is -0.459 e. The molecule has 0 radical (unpaired) electrons. The van der Waals surface area contributed by atoms with Gasteiger partial charge in [0, 0.05) is 28.5 Å². The third-order valence-corrected chi connectivity index (χ3v) is 9.81. The van der Waals surface area contributed by atoms with Gasteiger partial charge in [-0.2, -0.15) is 13.2 Å². The van der Waals surface area contributed by atoms with E-state index in [1.54, 1.807) is 32.9 Å². The number of pyridine rings is 1. The lowest BCUT2D eigenvalue weighted by atomic mass is 9.57. The van der Waals surface area contributed by atoms with Crippen LogP contribution in [0.5, 0.6) is 0 Å². The summed E-state index contributed by atoms with van der Waals surface area (Å²) in [4.78, 5) is 35.2. The number of nitrogens with zero attached hydrogens (tertiary/aromatic N) is 2. The van der Waals surface area contributed by atoms with Crippen LogP contribution in [0.25, 0.3) is 16.5 Å². The van der Waals surface area contributed by atoms with Gasteiger partial charge in [-0.1, -0.05) is 40.2 Å². The zero-order valence-corrected chi connectivity index (χ0v) is 27.9. The average Bonchev–Trinajstić information content (AvgIpc) is 3.00. The second-order valence-corrected chi connectivity index (χ2v) is 14.4. The summed E-state index contributed by atoms with van der Waals surface area (Å²) < 4.78 is 55.4. The quantitative estimate of drug-likeness (QED) is 0.276. The number of hydrogen-bond acceptors (Lipinski definition) is 6. The van der Waals surface area contributed by atoms with Crippen LogP contribution < -0.4 is 10.2 Å². The molecule has 2 bridgehead atoms. The molecular weight excluding hydrogens is 663 g/mol. The number of anilines is 1. The van der Waals surface area contributed by atoms with E-state index < -0.39 is 40.2 Å². The topological polar surface area (TPSA) is 80.8 Å². The van der Waals surface area contributed by atoms with Gasteiger partial charge in [-0.3, -0.25) is 9.59 Å². The maximum Gasteiger partial charge on any atom is 0.416 e. The molecule has 1 saturated heterocycles. The fourth-order valence-electron chi connectivity index (χ4n) is 7.06. The maximum atomic E-state index is 14.6. The van der Waals surface area contributed by atoms with Gasteiger partial charge in [-0.25, -0.2) is 4.98 Å². The van der Waals surface area contributed by atoms with Gasteiger partial charge in [0.1, 0.15) is 11.4 Å². The largest absolute Gasteiger partial charge is 0.459 e. The Labute approximate surface area is 274 Å². The Morgan fingerprint density at radius 1 is 1.02 bits per heavy atom. The summed E-state index contributed by atoms with van der Waals surface area (Å²) >= 11 is 3.53. The van der Waals surface area contributed by atoms with Gasteiger partial charge in [-0.05, 0) is 88.8 Å². The van der Waals surface area contributed by atoms with E-state index in [1.165, 1.54) is 12.1 Å². The van der Waals surface area contributed by atoms with E-state index in [2.05, 4.69) is 26.1 Å². The third kappa shape index (κ3) is 5.92. The van der Waals surface area contributed by atoms with Crippen LogP contribution >= 0.6 is 15.9 Å².